The monoisotopic (exact) mass is 261 g/mol. The van der Waals surface area contributed by atoms with E-state index < -0.39 is 5.97 Å². The molecule has 0 fully saturated rings. The molecule has 0 aliphatic heterocycles. The molecule has 0 saturated carbocycles. The largest absolute Gasteiger partial charge is 0.478 e. The number of rotatable bonds is 5. The van der Waals surface area contributed by atoms with Gasteiger partial charge in [-0.05, 0) is 30.0 Å². The second-order valence-electron chi connectivity index (χ2n) is 3.35. The number of carboxylic acid groups (broad SMARTS) is 1. The number of hydrogen-bond acceptors (Lipinski definition) is 2. The highest BCUT2D eigenvalue weighted by Gasteiger charge is 2.14. The van der Waals surface area contributed by atoms with E-state index in [1.54, 1.807) is 6.07 Å². The van der Waals surface area contributed by atoms with Crippen molar-refractivity contribution >= 4 is 34.9 Å². The maximum Gasteiger partial charge on any atom is 0.337 e. The molecular weight excluding hydrogens is 249 g/mol. The molecule has 88 valence electrons. The lowest BCUT2D eigenvalue weighted by molar-refractivity contribution is 0.0698. The van der Waals surface area contributed by atoms with E-state index in [2.05, 4.69) is 0 Å². The van der Waals surface area contributed by atoms with Gasteiger partial charge in [-0.25, -0.2) is 4.79 Å². The van der Waals surface area contributed by atoms with Crippen LogP contribution in [0.3, 0.4) is 0 Å². The summed E-state index contributed by atoms with van der Waals surface area (Å²) in [5, 5.41) is 8.94. The van der Waals surface area contributed by atoms with Crippen LogP contribution >= 0.6 is 23.2 Å². The minimum Gasteiger partial charge on any atom is -0.478 e. The number of benzene rings is 1. The van der Waals surface area contributed by atoms with Gasteiger partial charge in [-0.15, -0.1) is 23.2 Å². The molecule has 0 aliphatic carbocycles. The van der Waals surface area contributed by atoms with Crippen LogP contribution in [0.25, 0.3) is 0 Å². The summed E-state index contributed by atoms with van der Waals surface area (Å²) in [6.45, 7) is 0. The van der Waals surface area contributed by atoms with Crippen LogP contribution < -0.4 is 5.73 Å². The van der Waals surface area contributed by atoms with Crippen LogP contribution in [-0.4, -0.2) is 22.8 Å². The molecule has 0 aliphatic rings. The first-order chi connectivity index (χ1) is 7.61. The van der Waals surface area contributed by atoms with Gasteiger partial charge in [0.05, 0.1) is 5.56 Å². The fourth-order valence-electron chi connectivity index (χ4n) is 1.62. The molecule has 0 radical (unpaired) electrons. The van der Waals surface area contributed by atoms with Crippen LogP contribution in [0, 0.1) is 0 Å². The second kappa shape index (κ2) is 5.97. The van der Waals surface area contributed by atoms with Crippen molar-refractivity contribution in [3.05, 3.63) is 28.8 Å². The highest BCUT2D eigenvalue weighted by atomic mass is 35.5. The summed E-state index contributed by atoms with van der Waals surface area (Å²) in [5.74, 6) is -0.144. The van der Waals surface area contributed by atoms with E-state index in [1.165, 1.54) is 6.07 Å². The van der Waals surface area contributed by atoms with Gasteiger partial charge in [-0.2, -0.15) is 0 Å². The van der Waals surface area contributed by atoms with Crippen molar-refractivity contribution in [1.82, 2.24) is 0 Å². The molecule has 0 atom stereocenters. The van der Waals surface area contributed by atoms with E-state index >= 15 is 0 Å². The van der Waals surface area contributed by atoms with Crippen LogP contribution in [-0.2, 0) is 12.8 Å². The number of alkyl halides is 2. The van der Waals surface area contributed by atoms with E-state index in [9.17, 15) is 4.79 Å². The Morgan fingerprint density at radius 3 is 2.38 bits per heavy atom. The summed E-state index contributed by atoms with van der Waals surface area (Å²) in [6.07, 6.45) is 1.22. The van der Waals surface area contributed by atoms with E-state index in [0.29, 0.717) is 30.3 Å². The number of anilines is 1. The van der Waals surface area contributed by atoms with Crippen LogP contribution in [0.15, 0.2) is 12.1 Å². The lowest BCUT2D eigenvalue weighted by Crippen LogP contribution is -2.09. The maximum atomic E-state index is 10.9. The number of aromatic carboxylic acids is 1. The summed E-state index contributed by atoms with van der Waals surface area (Å²) in [4.78, 5) is 10.9. The predicted molar refractivity (Wildman–Crippen MR) is 66.7 cm³/mol. The van der Waals surface area contributed by atoms with Crippen molar-refractivity contribution in [3.8, 4) is 0 Å². The van der Waals surface area contributed by atoms with Crippen molar-refractivity contribution in [2.24, 2.45) is 0 Å². The lowest BCUT2D eigenvalue weighted by atomic mass is 9.97. The summed E-state index contributed by atoms with van der Waals surface area (Å²) >= 11 is 11.3. The lowest BCUT2D eigenvalue weighted by Gasteiger charge is -2.12. The topological polar surface area (TPSA) is 63.3 Å². The molecule has 0 unspecified atom stereocenters. The Morgan fingerprint density at radius 2 is 1.88 bits per heavy atom. The minimum atomic E-state index is -1.02. The third-order valence-corrected chi connectivity index (χ3v) is 2.77. The first-order valence-electron chi connectivity index (χ1n) is 4.87. The molecule has 5 heteroatoms. The number of nitrogen functional groups attached to an aromatic ring is 1. The van der Waals surface area contributed by atoms with Gasteiger partial charge in [0, 0.05) is 17.4 Å². The molecular formula is C11H13Cl2NO2. The zero-order valence-corrected chi connectivity index (χ0v) is 10.2. The predicted octanol–water partition coefficient (Wildman–Crippen LogP) is 2.53. The molecule has 0 aromatic heterocycles. The van der Waals surface area contributed by atoms with Gasteiger partial charge in [-0.1, -0.05) is 6.07 Å². The fourth-order valence-corrected chi connectivity index (χ4v) is 2.01. The van der Waals surface area contributed by atoms with Crippen LogP contribution in [0.1, 0.15) is 21.5 Å². The van der Waals surface area contributed by atoms with E-state index in [0.717, 1.165) is 11.1 Å². The molecule has 1 aromatic rings. The van der Waals surface area contributed by atoms with Crippen molar-refractivity contribution in [2.45, 2.75) is 12.8 Å². The van der Waals surface area contributed by atoms with Crippen LogP contribution in [0.5, 0.6) is 0 Å². The summed E-state index contributed by atoms with van der Waals surface area (Å²) in [6, 6.07) is 3.27. The Morgan fingerprint density at radius 1 is 1.25 bits per heavy atom. The smallest absolute Gasteiger partial charge is 0.337 e. The van der Waals surface area contributed by atoms with Crippen molar-refractivity contribution < 1.29 is 9.90 Å². The van der Waals surface area contributed by atoms with Gasteiger partial charge >= 0.3 is 5.97 Å². The average molecular weight is 262 g/mol. The van der Waals surface area contributed by atoms with Gasteiger partial charge in [0.1, 0.15) is 0 Å². The zero-order valence-electron chi connectivity index (χ0n) is 8.67. The standard InChI is InChI=1S/C11H13Cl2NO2/c12-5-3-7-1-2-9(11(15)16)10(14)8(7)4-6-13/h1-2H,3-6,14H2,(H,15,16). The Labute approximate surface area is 104 Å². The number of halogens is 2. The molecule has 0 spiro atoms. The number of nitrogens with two attached hydrogens (primary N) is 1. The average Bonchev–Trinajstić information content (AvgIpc) is 2.23. The molecule has 0 bridgehead atoms. The maximum absolute atomic E-state index is 10.9. The van der Waals surface area contributed by atoms with Crippen molar-refractivity contribution in [1.29, 1.82) is 0 Å². The van der Waals surface area contributed by atoms with Crippen LogP contribution in [0.4, 0.5) is 5.69 Å². The van der Waals surface area contributed by atoms with E-state index in [-0.39, 0.29) is 5.56 Å². The van der Waals surface area contributed by atoms with E-state index in [4.69, 9.17) is 34.0 Å². The van der Waals surface area contributed by atoms with Crippen molar-refractivity contribution in [3.63, 3.8) is 0 Å². The Hall–Kier alpha value is -0.930. The number of aryl methyl sites for hydroxylation is 1. The number of carboxylic acids is 1. The minimum absolute atomic E-state index is 0.124. The van der Waals surface area contributed by atoms with Gasteiger partial charge in [0.15, 0.2) is 0 Å². The molecule has 0 heterocycles. The molecule has 0 amide bonds. The molecule has 16 heavy (non-hydrogen) atoms. The normalized spacial score (nSPS) is 10.4. The molecule has 1 rings (SSSR count). The third kappa shape index (κ3) is 2.80. The molecule has 1 aromatic carbocycles. The third-order valence-electron chi connectivity index (χ3n) is 2.39. The fraction of sp³-hybridized carbons (Fsp3) is 0.364. The second-order valence-corrected chi connectivity index (χ2v) is 4.10. The highest BCUT2D eigenvalue weighted by molar-refractivity contribution is 6.18. The molecule has 3 nitrogen and oxygen atoms in total. The van der Waals surface area contributed by atoms with Crippen LogP contribution in [0.2, 0.25) is 0 Å². The Bertz CT molecular complexity index is 394. The summed E-state index contributed by atoms with van der Waals surface area (Å²) < 4.78 is 0. The van der Waals surface area contributed by atoms with Crippen molar-refractivity contribution in [2.75, 3.05) is 17.5 Å². The summed E-state index contributed by atoms with van der Waals surface area (Å²) in [5.41, 5.74) is 8.02. The number of hydrogen-bond donors (Lipinski definition) is 2. The van der Waals surface area contributed by atoms with Gasteiger partial charge < -0.3 is 10.8 Å². The summed E-state index contributed by atoms with van der Waals surface area (Å²) in [7, 11) is 0. The Balaban J connectivity index is 3.23. The SMILES string of the molecule is Nc1c(C(=O)O)ccc(CCCl)c1CCCl. The first kappa shape index (κ1) is 13.1. The first-order valence-corrected chi connectivity index (χ1v) is 5.94. The van der Waals surface area contributed by atoms with E-state index in [1.807, 2.05) is 0 Å². The quantitative estimate of drug-likeness (QED) is 0.633. The van der Waals surface area contributed by atoms with Gasteiger partial charge in [0.25, 0.3) is 0 Å². The molecule has 3 N–H and O–H groups in total. The van der Waals surface area contributed by atoms with Gasteiger partial charge in [0.2, 0.25) is 0 Å². The molecule has 0 saturated heterocycles. The Kier molecular flexibility index (Phi) is 4.90. The zero-order chi connectivity index (χ0) is 12.1. The van der Waals surface area contributed by atoms with Gasteiger partial charge in [-0.3, -0.25) is 0 Å². The highest BCUT2D eigenvalue weighted by Crippen LogP contribution is 2.24. The number of carbonyl (C=O) groups is 1.